The van der Waals surface area contributed by atoms with Crippen LogP contribution in [0.1, 0.15) is 5.56 Å². The molecule has 1 saturated heterocycles. The fourth-order valence-corrected chi connectivity index (χ4v) is 3.25. The van der Waals surface area contributed by atoms with Gasteiger partial charge in [-0.2, -0.15) is 4.98 Å². The van der Waals surface area contributed by atoms with Crippen LogP contribution < -0.4 is 15.1 Å². The summed E-state index contributed by atoms with van der Waals surface area (Å²) in [5.74, 6) is 2.47. The molecule has 0 saturated carbocycles. The Kier molecular flexibility index (Phi) is 6.08. The van der Waals surface area contributed by atoms with Gasteiger partial charge in [0, 0.05) is 53.2 Å². The summed E-state index contributed by atoms with van der Waals surface area (Å²) in [4.78, 5) is 19.9. The average Bonchev–Trinajstić information content (AvgIpc) is 3.12. The van der Waals surface area contributed by atoms with Gasteiger partial charge >= 0.3 is 0 Å². The van der Waals surface area contributed by atoms with Crippen molar-refractivity contribution in [2.24, 2.45) is 0 Å². The summed E-state index contributed by atoms with van der Waals surface area (Å²) >= 11 is 0. The van der Waals surface area contributed by atoms with Crippen molar-refractivity contribution in [2.45, 2.75) is 18.7 Å². The predicted molar refractivity (Wildman–Crippen MR) is 108 cm³/mol. The van der Waals surface area contributed by atoms with E-state index in [2.05, 4.69) is 50.2 Å². The zero-order valence-corrected chi connectivity index (χ0v) is 16.8. The number of anilines is 3. The molecule has 0 unspecified atom stereocenters. The number of hydrogen-bond donors (Lipinski definition) is 1. The van der Waals surface area contributed by atoms with E-state index in [-0.39, 0.29) is 6.10 Å². The average molecular weight is 371 g/mol. The van der Waals surface area contributed by atoms with Gasteiger partial charge in [0.25, 0.3) is 0 Å². The number of hydrogen-bond acceptors (Lipinski definition) is 8. The maximum Gasteiger partial charge on any atom is 0.224 e. The Bertz CT molecular complexity index is 735. The molecule has 146 valence electrons. The first-order chi connectivity index (χ1) is 13.0. The van der Waals surface area contributed by atoms with Gasteiger partial charge in [0.2, 0.25) is 5.95 Å². The Morgan fingerprint density at radius 1 is 1.15 bits per heavy atom. The SMILES string of the molecule is CO[C@@H]1CN(c2ccnc(NCc3ccc(N(C)C)nc3)n2)C[C@@H]1N(C)C. The van der Waals surface area contributed by atoms with Crippen LogP contribution in [0.2, 0.25) is 0 Å². The van der Waals surface area contributed by atoms with E-state index in [1.165, 1.54) is 0 Å². The minimum absolute atomic E-state index is 0.174. The van der Waals surface area contributed by atoms with Crippen LogP contribution in [-0.2, 0) is 11.3 Å². The van der Waals surface area contributed by atoms with Crippen molar-refractivity contribution in [2.75, 3.05) is 63.5 Å². The molecule has 0 aromatic carbocycles. The third kappa shape index (κ3) is 4.64. The number of aromatic nitrogens is 3. The van der Waals surface area contributed by atoms with Crippen molar-refractivity contribution in [3.63, 3.8) is 0 Å². The lowest BCUT2D eigenvalue weighted by molar-refractivity contribution is 0.0639. The summed E-state index contributed by atoms with van der Waals surface area (Å²) in [6.07, 6.45) is 3.84. The van der Waals surface area contributed by atoms with E-state index in [9.17, 15) is 0 Å². The van der Waals surface area contributed by atoms with Gasteiger partial charge in [0.05, 0.1) is 12.1 Å². The third-order valence-electron chi connectivity index (χ3n) is 4.89. The third-order valence-corrected chi connectivity index (χ3v) is 4.89. The van der Waals surface area contributed by atoms with Crippen molar-refractivity contribution >= 4 is 17.6 Å². The Morgan fingerprint density at radius 2 is 1.96 bits per heavy atom. The lowest BCUT2D eigenvalue weighted by atomic mass is 10.2. The van der Waals surface area contributed by atoms with Crippen LogP contribution in [0, 0.1) is 0 Å². The highest BCUT2D eigenvalue weighted by atomic mass is 16.5. The number of ether oxygens (including phenoxy) is 1. The molecule has 8 nitrogen and oxygen atoms in total. The molecule has 8 heteroatoms. The minimum Gasteiger partial charge on any atom is -0.378 e. The molecule has 0 radical (unpaired) electrons. The van der Waals surface area contributed by atoms with Crippen molar-refractivity contribution < 1.29 is 4.74 Å². The molecule has 27 heavy (non-hydrogen) atoms. The molecular weight excluding hydrogens is 342 g/mol. The Balaban J connectivity index is 1.64. The second-order valence-corrected chi connectivity index (χ2v) is 7.22. The number of nitrogens with zero attached hydrogens (tertiary/aromatic N) is 6. The van der Waals surface area contributed by atoms with Crippen LogP contribution in [0.5, 0.6) is 0 Å². The van der Waals surface area contributed by atoms with Gasteiger partial charge < -0.3 is 24.8 Å². The first-order valence-electron chi connectivity index (χ1n) is 9.11. The van der Waals surface area contributed by atoms with E-state index in [4.69, 9.17) is 4.74 Å². The number of methoxy groups -OCH3 is 1. The smallest absolute Gasteiger partial charge is 0.224 e. The molecule has 3 heterocycles. The van der Waals surface area contributed by atoms with E-state index < -0.39 is 0 Å². The topological polar surface area (TPSA) is 69.6 Å². The van der Waals surface area contributed by atoms with E-state index in [0.29, 0.717) is 18.5 Å². The fraction of sp³-hybridized carbons (Fsp3) is 0.526. The molecule has 2 aromatic rings. The van der Waals surface area contributed by atoms with Crippen LogP contribution in [-0.4, -0.2) is 80.4 Å². The van der Waals surface area contributed by atoms with Gasteiger partial charge in [-0.15, -0.1) is 0 Å². The van der Waals surface area contributed by atoms with Gasteiger partial charge in [-0.25, -0.2) is 9.97 Å². The standard InChI is InChI=1S/C19H29N7O/c1-24(2)15-12-26(13-16(15)27-5)18-8-9-20-19(23-18)22-11-14-6-7-17(21-10-14)25(3)4/h6-10,15-16H,11-13H2,1-5H3,(H,20,22,23)/t15-,16+/m0/s1. The summed E-state index contributed by atoms with van der Waals surface area (Å²) in [6, 6.07) is 6.36. The molecule has 0 spiro atoms. The molecule has 1 fully saturated rings. The maximum atomic E-state index is 5.65. The molecule has 0 bridgehead atoms. The van der Waals surface area contributed by atoms with E-state index >= 15 is 0 Å². The zero-order valence-electron chi connectivity index (χ0n) is 16.8. The van der Waals surface area contributed by atoms with Gasteiger partial charge in [-0.3, -0.25) is 0 Å². The predicted octanol–water partition coefficient (Wildman–Crippen LogP) is 1.31. The van der Waals surface area contributed by atoms with Gasteiger partial charge in [0.1, 0.15) is 11.6 Å². The summed E-state index contributed by atoms with van der Waals surface area (Å²) in [7, 11) is 9.90. The van der Waals surface area contributed by atoms with Crippen LogP contribution in [0.15, 0.2) is 30.6 Å². The summed E-state index contributed by atoms with van der Waals surface area (Å²) in [6.45, 7) is 2.34. The monoisotopic (exact) mass is 371 g/mol. The van der Waals surface area contributed by atoms with Gasteiger partial charge in [-0.1, -0.05) is 6.07 Å². The largest absolute Gasteiger partial charge is 0.378 e. The fourth-order valence-electron chi connectivity index (χ4n) is 3.25. The molecule has 0 aliphatic carbocycles. The Labute approximate surface area is 161 Å². The van der Waals surface area contributed by atoms with E-state index in [0.717, 1.165) is 30.3 Å². The molecule has 3 rings (SSSR count). The highest BCUT2D eigenvalue weighted by Gasteiger charge is 2.34. The van der Waals surface area contributed by atoms with Crippen LogP contribution >= 0.6 is 0 Å². The highest BCUT2D eigenvalue weighted by molar-refractivity contribution is 5.45. The van der Waals surface area contributed by atoms with Crippen molar-refractivity contribution in [1.29, 1.82) is 0 Å². The molecule has 1 N–H and O–H groups in total. The Hall–Kier alpha value is -2.45. The molecule has 2 aromatic heterocycles. The van der Waals surface area contributed by atoms with Crippen molar-refractivity contribution in [3.05, 3.63) is 36.2 Å². The van der Waals surface area contributed by atoms with Crippen LogP contribution in [0.3, 0.4) is 0 Å². The minimum atomic E-state index is 0.174. The number of likely N-dealkylation sites (N-methyl/N-ethyl adjacent to an activating group) is 1. The lowest BCUT2D eigenvalue weighted by Gasteiger charge is -2.23. The number of pyridine rings is 1. The van der Waals surface area contributed by atoms with E-state index in [1.54, 1.807) is 13.3 Å². The van der Waals surface area contributed by atoms with Gasteiger partial charge in [0.15, 0.2) is 0 Å². The second-order valence-electron chi connectivity index (χ2n) is 7.22. The van der Waals surface area contributed by atoms with Crippen LogP contribution in [0.25, 0.3) is 0 Å². The molecule has 0 amide bonds. The summed E-state index contributed by atoms with van der Waals surface area (Å²) < 4.78 is 5.65. The summed E-state index contributed by atoms with van der Waals surface area (Å²) in [5.41, 5.74) is 1.09. The van der Waals surface area contributed by atoms with Gasteiger partial charge in [-0.05, 0) is 31.8 Å². The van der Waals surface area contributed by atoms with E-state index in [1.807, 2.05) is 37.3 Å². The van der Waals surface area contributed by atoms with Crippen molar-refractivity contribution in [3.8, 4) is 0 Å². The van der Waals surface area contributed by atoms with Crippen molar-refractivity contribution in [1.82, 2.24) is 19.9 Å². The lowest BCUT2D eigenvalue weighted by Crippen LogP contribution is -2.39. The first kappa shape index (κ1) is 19.3. The number of rotatable bonds is 7. The zero-order chi connectivity index (χ0) is 19.4. The molecule has 1 aliphatic heterocycles. The molecule has 2 atom stereocenters. The first-order valence-corrected chi connectivity index (χ1v) is 9.11. The number of nitrogens with one attached hydrogen (secondary N) is 1. The highest BCUT2D eigenvalue weighted by Crippen LogP contribution is 2.23. The quantitative estimate of drug-likeness (QED) is 0.781. The molecular formula is C19H29N7O. The maximum absolute atomic E-state index is 5.65. The molecule has 1 aliphatic rings. The normalized spacial score (nSPS) is 19.6. The van der Waals surface area contributed by atoms with Crippen LogP contribution in [0.4, 0.5) is 17.6 Å². The second kappa shape index (κ2) is 8.49. The summed E-state index contributed by atoms with van der Waals surface area (Å²) in [5, 5.41) is 3.29. The Morgan fingerprint density at radius 3 is 2.56 bits per heavy atom.